The Hall–Kier alpha value is -1.91. The van der Waals surface area contributed by atoms with Crippen LogP contribution in [0.15, 0.2) is 24.3 Å². The molecule has 110 valence electrons. The topological polar surface area (TPSA) is 66.4 Å². The molecule has 2 N–H and O–H groups in total. The lowest BCUT2D eigenvalue weighted by molar-refractivity contribution is -0.137. The summed E-state index contributed by atoms with van der Waals surface area (Å²) in [5, 5.41) is 11.4. The van der Waals surface area contributed by atoms with E-state index in [0.717, 1.165) is 5.56 Å². The maximum atomic E-state index is 12.9. The molecule has 2 unspecified atom stereocenters. The number of carbonyl (C=O) groups excluding carboxylic acids is 1. The summed E-state index contributed by atoms with van der Waals surface area (Å²) in [7, 11) is 0. The number of hydrogen-bond acceptors (Lipinski definition) is 2. The average molecular weight is 281 g/mol. The van der Waals surface area contributed by atoms with Gasteiger partial charge in [0.25, 0.3) is 0 Å². The number of aliphatic carboxylic acids is 1. The van der Waals surface area contributed by atoms with Crippen molar-refractivity contribution in [2.75, 3.05) is 0 Å². The van der Waals surface area contributed by atoms with Gasteiger partial charge in [0, 0.05) is 12.5 Å². The van der Waals surface area contributed by atoms with Gasteiger partial charge in [-0.25, -0.2) is 4.39 Å². The van der Waals surface area contributed by atoms with Crippen molar-refractivity contribution in [3.05, 3.63) is 35.6 Å². The molecule has 0 bridgehead atoms. The van der Waals surface area contributed by atoms with Crippen LogP contribution in [-0.4, -0.2) is 23.0 Å². The zero-order valence-corrected chi connectivity index (χ0v) is 11.7. The minimum atomic E-state index is -0.878. The van der Waals surface area contributed by atoms with Crippen LogP contribution in [0.3, 0.4) is 0 Å². The summed E-state index contributed by atoms with van der Waals surface area (Å²) in [6.45, 7) is 3.66. The molecule has 2 atom stereocenters. The summed E-state index contributed by atoms with van der Waals surface area (Å²) in [6.07, 6.45) is 1.01. The molecule has 4 nitrogen and oxygen atoms in total. The number of benzene rings is 1. The predicted molar refractivity (Wildman–Crippen MR) is 73.9 cm³/mol. The van der Waals surface area contributed by atoms with Crippen LogP contribution in [0.25, 0.3) is 0 Å². The van der Waals surface area contributed by atoms with E-state index in [1.807, 2.05) is 6.92 Å². The van der Waals surface area contributed by atoms with E-state index in [4.69, 9.17) is 5.11 Å². The molecule has 1 aromatic carbocycles. The summed E-state index contributed by atoms with van der Waals surface area (Å²) >= 11 is 0. The minimum absolute atomic E-state index is 0.0226. The minimum Gasteiger partial charge on any atom is -0.481 e. The van der Waals surface area contributed by atoms with E-state index in [2.05, 4.69) is 5.32 Å². The number of carbonyl (C=O) groups is 2. The molecule has 0 spiro atoms. The maximum Gasteiger partial charge on any atom is 0.303 e. The highest BCUT2D eigenvalue weighted by molar-refractivity contribution is 5.83. The third-order valence-electron chi connectivity index (χ3n) is 3.18. The van der Waals surface area contributed by atoms with Crippen molar-refractivity contribution >= 4 is 11.9 Å². The van der Waals surface area contributed by atoms with Crippen LogP contribution in [0.5, 0.6) is 0 Å². The summed E-state index contributed by atoms with van der Waals surface area (Å²) < 4.78 is 12.9. The first-order valence-corrected chi connectivity index (χ1v) is 6.71. The lowest BCUT2D eigenvalue weighted by Gasteiger charge is -2.19. The fourth-order valence-electron chi connectivity index (χ4n) is 2.02. The third-order valence-corrected chi connectivity index (χ3v) is 3.18. The number of hydrogen-bond donors (Lipinski definition) is 2. The van der Waals surface area contributed by atoms with Crippen molar-refractivity contribution in [2.24, 2.45) is 0 Å². The Morgan fingerprint density at radius 3 is 2.40 bits per heavy atom. The number of carboxylic acids is 1. The van der Waals surface area contributed by atoms with E-state index in [1.54, 1.807) is 19.1 Å². The number of carboxylic acid groups (broad SMARTS) is 1. The first-order valence-electron chi connectivity index (χ1n) is 6.71. The van der Waals surface area contributed by atoms with Gasteiger partial charge in [0.2, 0.25) is 5.91 Å². The predicted octanol–water partition coefficient (Wildman–Crippen LogP) is 2.69. The standard InChI is InChI=1S/C15H20FNO3/c1-3-13(11-5-7-12(16)8-6-11)15(20)17-10(2)4-9-14(18)19/h5-8,10,13H,3-4,9H2,1-2H3,(H,17,20)(H,18,19). The van der Waals surface area contributed by atoms with E-state index in [0.29, 0.717) is 12.8 Å². The smallest absolute Gasteiger partial charge is 0.303 e. The summed E-state index contributed by atoms with van der Waals surface area (Å²) in [6, 6.07) is 5.67. The van der Waals surface area contributed by atoms with Crippen LogP contribution in [-0.2, 0) is 9.59 Å². The zero-order valence-electron chi connectivity index (χ0n) is 11.7. The first kappa shape index (κ1) is 16.1. The molecule has 0 aliphatic carbocycles. The zero-order chi connectivity index (χ0) is 15.1. The summed E-state index contributed by atoms with van der Waals surface area (Å²) in [4.78, 5) is 22.6. The molecule has 0 aliphatic heterocycles. The van der Waals surface area contributed by atoms with Gasteiger partial charge in [-0.3, -0.25) is 9.59 Å². The van der Waals surface area contributed by atoms with E-state index < -0.39 is 5.97 Å². The fourth-order valence-corrected chi connectivity index (χ4v) is 2.02. The second kappa shape index (κ2) is 7.62. The van der Waals surface area contributed by atoms with E-state index in [-0.39, 0.29) is 30.1 Å². The Balaban J connectivity index is 2.63. The fraction of sp³-hybridized carbons (Fsp3) is 0.467. The molecule has 0 aromatic heterocycles. The SMILES string of the molecule is CCC(C(=O)NC(C)CCC(=O)O)c1ccc(F)cc1. The van der Waals surface area contributed by atoms with Crippen LogP contribution in [0, 0.1) is 5.82 Å². The highest BCUT2D eigenvalue weighted by atomic mass is 19.1. The monoisotopic (exact) mass is 281 g/mol. The van der Waals surface area contributed by atoms with Crippen molar-refractivity contribution in [2.45, 2.75) is 45.1 Å². The molecular formula is C15H20FNO3. The Bertz CT molecular complexity index is 459. The molecule has 0 heterocycles. The average Bonchev–Trinajstić information content (AvgIpc) is 2.39. The number of rotatable bonds is 7. The van der Waals surface area contributed by atoms with Gasteiger partial charge in [0.1, 0.15) is 5.82 Å². The van der Waals surface area contributed by atoms with Crippen molar-refractivity contribution < 1.29 is 19.1 Å². The van der Waals surface area contributed by atoms with E-state index >= 15 is 0 Å². The molecule has 0 aliphatic rings. The molecule has 0 saturated carbocycles. The van der Waals surface area contributed by atoms with Crippen molar-refractivity contribution in [1.82, 2.24) is 5.32 Å². The molecule has 20 heavy (non-hydrogen) atoms. The van der Waals surface area contributed by atoms with Crippen LogP contribution in [0.2, 0.25) is 0 Å². The molecule has 1 aromatic rings. The van der Waals surface area contributed by atoms with Gasteiger partial charge in [-0.2, -0.15) is 0 Å². The normalized spacial score (nSPS) is 13.6. The third kappa shape index (κ3) is 4.99. The lowest BCUT2D eigenvalue weighted by atomic mass is 9.95. The molecule has 1 amide bonds. The summed E-state index contributed by atoms with van der Waals surface area (Å²) in [5.74, 6) is -1.71. The Morgan fingerprint density at radius 1 is 1.30 bits per heavy atom. The molecule has 1 rings (SSSR count). The van der Waals surface area contributed by atoms with Crippen LogP contribution in [0.4, 0.5) is 4.39 Å². The van der Waals surface area contributed by atoms with Gasteiger partial charge >= 0.3 is 5.97 Å². The highest BCUT2D eigenvalue weighted by Crippen LogP contribution is 2.20. The van der Waals surface area contributed by atoms with Crippen LogP contribution in [0.1, 0.15) is 44.6 Å². The molecular weight excluding hydrogens is 261 g/mol. The van der Waals surface area contributed by atoms with Gasteiger partial charge in [0.15, 0.2) is 0 Å². The summed E-state index contributed by atoms with van der Waals surface area (Å²) in [5.41, 5.74) is 0.761. The number of amides is 1. The molecule has 5 heteroatoms. The number of nitrogens with one attached hydrogen (secondary N) is 1. The van der Waals surface area contributed by atoms with E-state index in [1.165, 1.54) is 12.1 Å². The first-order chi connectivity index (χ1) is 9.43. The van der Waals surface area contributed by atoms with Gasteiger partial charge in [0.05, 0.1) is 5.92 Å². The van der Waals surface area contributed by atoms with Gasteiger partial charge in [-0.15, -0.1) is 0 Å². The van der Waals surface area contributed by atoms with Gasteiger partial charge in [-0.1, -0.05) is 19.1 Å². The highest BCUT2D eigenvalue weighted by Gasteiger charge is 2.20. The quantitative estimate of drug-likeness (QED) is 0.807. The second-order valence-corrected chi connectivity index (χ2v) is 4.85. The lowest BCUT2D eigenvalue weighted by Crippen LogP contribution is -2.36. The second-order valence-electron chi connectivity index (χ2n) is 4.85. The number of halogens is 1. The van der Waals surface area contributed by atoms with Crippen molar-refractivity contribution in [1.29, 1.82) is 0 Å². The molecule has 0 fully saturated rings. The van der Waals surface area contributed by atoms with Gasteiger partial charge in [-0.05, 0) is 37.5 Å². The molecule has 0 radical (unpaired) electrons. The van der Waals surface area contributed by atoms with Crippen LogP contribution >= 0.6 is 0 Å². The Labute approximate surface area is 118 Å². The van der Waals surface area contributed by atoms with Gasteiger partial charge < -0.3 is 10.4 Å². The maximum absolute atomic E-state index is 12.9. The van der Waals surface area contributed by atoms with E-state index in [9.17, 15) is 14.0 Å². The largest absolute Gasteiger partial charge is 0.481 e. The Kier molecular flexibility index (Phi) is 6.15. The Morgan fingerprint density at radius 2 is 1.90 bits per heavy atom. The van der Waals surface area contributed by atoms with Crippen LogP contribution < -0.4 is 5.32 Å². The van der Waals surface area contributed by atoms with Crippen molar-refractivity contribution in [3.63, 3.8) is 0 Å². The molecule has 0 saturated heterocycles. The van der Waals surface area contributed by atoms with Crippen molar-refractivity contribution in [3.8, 4) is 0 Å².